The first kappa shape index (κ1) is 19.9. The van der Waals surface area contributed by atoms with Crippen LogP contribution in [0.15, 0.2) is 42.5 Å². The highest BCUT2D eigenvalue weighted by atomic mass is 16.5. The maximum absolute atomic E-state index is 13.5. The Morgan fingerprint density at radius 2 is 1.90 bits per heavy atom. The zero-order valence-electron chi connectivity index (χ0n) is 17.1. The number of hydrogen-bond acceptors (Lipinski definition) is 5. The van der Waals surface area contributed by atoms with Crippen molar-refractivity contribution in [2.75, 3.05) is 20.8 Å². The first-order valence-electron chi connectivity index (χ1n) is 9.98. The van der Waals surface area contributed by atoms with E-state index in [0.717, 1.165) is 35.3 Å². The molecular weight excluding hydrogens is 384 g/mol. The van der Waals surface area contributed by atoms with E-state index in [2.05, 4.69) is 5.32 Å². The molecule has 1 heterocycles. The van der Waals surface area contributed by atoms with E-state index in [1.165, 1.54) is 14.2 Å². The molecule has 0 bridgehead atoms. The second-order valence-electron chi connectivity index (χ2n) is 7.58. The number of Topliss-reactive ketones (excluding diaryl/α,β-unsaturated/α-hetero) is 1. The third kappa shape index (κ3) is 3.20. The predicted molar refractivity (Wildman–Crippen MR) is 110 cm³/mol. The molecule has 1 aliphatic carbocycles. The van der Waals surface area contributed by atoms with Crippen molar-refractivity contribution in [2.24, 2.45) is 0 Å². The van der Waals surface area contributed by atoms with Crippen molar-refractivity contribution in [1.82, 2.24) is 10.2 Å². The van der Waals surface area contributed by atoms with Crippen molar-refractivity contribution in [3.05, 3.63) is 59.2 Å². The van der Waals surface area contributed by atoms with Gasteiger partial charge in [-0.15, -0.1) is 0 Å². The van der Waals surface area contributed by atoms with Gasteiger partial charge in [-0.25, -0.2) is 4.79 Å². The average Bonchev–Trinajstić information content (AvgIpc) is 2.91. The lowest BCUT2D eigenvalue weighted by molar-refractivity contribution is -0.131. The molecule has 4 rings (SSSR count). The Balaban J connectivity index is 1.66. The molecule has 2 aromatic carbocycles. The van der Waals surface area contributed by atoms with E-state index in [1.807, 2.05) is 24.3 Å². The number of aryl methyl sites for hydroxylation is 1. The Morgan fingerprint density at radius 3 is 2.67 bits per heavy atom. The highest BCUT2D eigenvalue weighted by molar-refractivity contribution is 6.12. The molecule has 1 fully saturated rings. The van der Waals surface area contributed by atoms with Gasteiger partial charge in [0, 0.05) is 0 Å². The second-order valence-corrected chi connectivity index (χ2v) is 7.58. The normalized spacial score (nSPS) is 20.5. The van der Waals surface area contributed by atoms with E-state index in [0.29, 0.717) is 17.9 Å². The largest absolute Gasteiger partial charge is 0.497 e. The van der Waals surface area contributed by atoms with Crippen LogP contribution in [0.4, 0.5) is 4.79 Å². The SMILES string of the molecule is COc1ccc(OC)c(C(=O)CN2C(=O)N[C@]3(CCCCc4ccccc43)C2=O)c1. The zero-order chi connectivity index (χ0) is 21.3. The van der Waals surface area contributed by atoms with E-state index >= 15 is 0 Å². The van der Waals surface area contributed by atoms with E-state index < -0.39 is 17.4 Å². The third-order valence-corrected chi connectivity index (χ3v) is 5.91. The van der Waals surface area contributed by atoms with E-state index in [-0.39, 0.29) is 18.0 Å². The fourth-order valence-corrected chi connectivity index (χ4v) is 4.38. The summed E-state index contributed by atoms with van der Waals surface area (Å²) >= 11 is 0. The lowest BCUT2D eigenvalue weighted by atomic mass is 9.84. The van der Waals surface area contributed by atoms with Gasteiger partial charge in [-0.05, 0) is 55.0 Å². The number of nitrogens with one attached hydrogen (secondary N) is 1. The summed E-state index contributed by atoms with van der Waals surface area (Å²) in [6.45, 7) is -0.363. The zero-order valence-corrected chi connectivity index (χ0v) is 17.1. The Hall–Kier alpha value is -3.35. The molecule has 1 atom stereocenters. The van der Waals surface area contributed by atoms with Crippen LogP contribution < -0.4 is 14.8 Å². The number of rotatable bonds is 5. The highest BCUT2D eigenvalue weighted by Crippen LogP contribution is 2.39. The van der Waals surface area contributed by atoms with Crippen molar-refractivity contribution in [3.8, 4) is 11.5 Å². The number of imide groups is 1. The van der Waals surface area contributed by atoms with E-state index in [9.17, 15) is 14.4 Å². The van der Waals surface area contributed by atoms with Crippen LogP contribution in [0.5, 0.6) is 11.5 Å². The van der Waals surface area contributed by atoms with Crippen LogP contribution in [-0.4, -0.2) is 43.4 Å². The Kier molecular flexibility index (Phi) is 5.20. The molecule has 7 heteroatoms. The number of nitrogens with zero attached hydrogens (tertiary/aromatic N) is 1. The molecule has 1 saturated heterocycles. The summed E-state index contributed by atoms with van der Waals surface area (Å²) in [6.07, 6.45) is 3.14. The minimum absolute atomic E-state index is 0.264. The molecule has 1 spiro atoms. The summed E-state index contributed by atoms with van der Waals surface area (Å²) in [5.41, 5.74) is 1.05. The molecule has 1 aliphatic heterocycles. The lowest BCUT2D eigenvalue weighted by Crippen LogP contribution is -2.44. The summed E-state index contributed by atoms with van der Waals surface area (Å²) in [4.78, 5) is 40.3. The maximum atomic E-state index is 13.5. The lowest BCUT2D eigenvalue weighted by Gasteiger charge is -2.27. The number of ketones is 1. The highest BCUT2D eigenvalue weighted by Gasteiger charge is 2.53. The van der Waals surface area contributed by atoms with Crippen LogP contribution >= 0.6 is 0 Å². The van der Waals surface area contributed by atoms with Gasteiger partial charge in [-0.2, -0.15) is 0 Å². The number of hydrogen-bond donors (Lipinski definition) is 1. The summed E-state index contributed by atoms with van der Waals surface area (Å²) in [6, 6.07) is 12.0. The molecule has 0 unspecified atom stereocenters. The van der Waals surface area contributed by atoms with Gasteiger partial charge in [0.15, 0.2) is 5.78 Å². The van der Waals surface area contributed by atoms with Crippen molar-refractivity contribution < 1.29 is 23.9 Å². The number of amides is 3. The predicted octanol–water partition coefficient (Wildman–Crippen LogP) is 3.06. The van der Waals surface area contributed by atoms with Gasteiger partial charge in [0.05, 0.1) is 26.3 Å². The molecule has 2 aromatic rings. The van der Waals surface area contributed by atoms with Gasteiger partial charge in [0.2, 0.25) is 0 Å². The molecule has 0 saturated carbocycles. The molecule has 2 aliphatic rings. The number of ether oxygens (including phenoxy) is 2. The van der Waals surface area contributed by atoms with Gasteiger partial charge < -0.3 is 14.8 Å². The molecule has 0 aromatic heterocycles. The van der Waals surface area contributed by atoms with Crippen LogP contribution in [-0.2, 0) is 16.8 Å². The average molecular weight is 408 g/mol. The second kappa shape index (κ2) is 7.82. The summed E-state index contributed by atoms with van der Waals surface area (Å²) in [5.74, 6) is 0.0816. The molecule has 7 nitrogen and oxygen atoms in total. The smallest absolute Gasteiger partial charge is 0.325 e. The number of urea groups is 1. The number of carbonyl (C=O) groups is 3. The maximum Gasteiger partial charge on any atom is 0.325 e. The summed E-state index contributed by atoms with van der Waals surface area (Å²) in [5, 5.41) is 2.90. The Morgan fingerprint density at radius 1 is 1.10 bits per heavy atom. The van der Waals surface area contributed by atoms with Gasteiger partial charge in [0.25, 0.3) is 5.91 Å². The van der Waals surface area contributed by atoms with Crippen molar-refractivity contribution in [2.45, 2.75) is 31.2 Å². The van der Waals surface area contributed by atoms with Crippen LogP contribution in [0, 0.1) is 0 Å². The molecular formula is C23H24N2O5. The van der Waals surface area contributed by atoms with Crippen LogP contribution in [0.1, 0.15) is 40.7 Å². The van der Waals surface area contributed by atoms with E-state index in [1.54, 1.807) is 18.2 Å². The quantitative estimate of drug-likeness (QED) is 0.607. The van der Waals surface area contributed by atoms with Crippen molar-refractivity contribution in [3.63, 3.8) is 0 Å². The fourth-order valence-electron chi connectivity index (χ4n) is 4.38. The van der Waals surface area contributed by atoms with Crippen LogP contribution in [0.25, 0.3) is 0 Å². The standard InChI is InChI=1S/C23H24N2O5/c1-29-16-10-11-20(30-2)17(13-16)19(26)14-25-21(27)23(24-22(25)28)12-6-5-8-15-7-3-4-9-18(15)23/h3-4,7,9-11,13H,5-6,8,12,14H2,1-2H3,(H,24,28)/t23-/m0/s1. The van der Waals surface area contributed by atoms with Gasteiger partial charge in [-0.3, -0.25) is 14.5 Å². The first-order valence-corrected chi connectivity index (χ1v) is 9.98. The van der Waals surface area contributed by atoms with Crippen molar-refractivity contribution in [1.29, 1.82) is 0 Å². The number of benzene rings is 2. The van der Waals surface area contributed by atoms with Gasteiger partial charge >= 0.3 is 6.03 Å². The van der Waals surface area contributed by atoms with Crippen LogP contribution in [0.3, 0.4) is 0 Å². The summed E-state index contributed by atoms with van der Waals surface area (Å²) in [7, 11) is 2.96. The van der Waals surface area contributed by atoms with E-state index in [4.69, 9.17) is 9.47 Å². The third-order valence-electron chi connectivity index (χ3n) is 5.91. The summed E-state index contributed by atoms with van der Waals surface area (Å²) < 4.78 is 10.5. The minimum Gasteiger partial charge on any atom is -0.497 e. The van der Waals surface area contributed by atoms with Crippen molar-refractivity contribution >= 4 is 17.7 Å². The monoisotopic (exact) mass is 408 g/mol. The first-order chi connectivity index (χ1) is 14.5. The molecule has 1 N–H and O–H groups in total. The molecule has 0 radical (unpaired) electrons. The van der Waals surface area contributed by atoms with Gasteiger partial charge in [0.1, 0.15) is 17.0 Å². The Bertz CT molecular complexity index is 1020. The van der Waals surface area contributed by atoms with Gasteiger partial charge in [-0.1, -0.05) is 24.3 Å². The number of carbonyl (C=O) groups excluding carboxylic acids is 3. The number of methoxy groups -OCH3 is 2. The molecule has 156 valence electrons. The Labute approximate surface area is 175 Å². The molecule has 3 amide bonds. The fraction of sp³-hybridized carbons (Fsp3) is 0.348. The minimum atomic E-state index is -1.11. The van der Waals surface area contributed by atoms with Crippen LogP contribution in [0.2, 0.25) is 0 Å². The number of fused-ring (bicyclic) bond motifs is 2. The topological polar surface area (TPSA) is 84.9 Å². The molecule has 30 heavy (non-hydrogen) atoms.